The quantitative estimate of drug-likeness (QED) is 0.695. The Hall–Kier alpha value is -1.29. The standard InChI is InChI=1S/C12H19NO3/c1-4-16-12(14)7-10(2)13(3)8-11-5-6-15-9-11/h5-6,9-10H,4,7-8H2,1-3H3. The second-order valence-electron chi connectivity index (χ2n) is 3.90. The van der Waals surface area contributed by atoms with Gasteiger partial charge >= 0.3 is 5.97 Å². The van der Waals surface area contributed by atoms with Crippen LogP contribution in [-0.2, 0) is 16.1 Å². The summed E-state index contributed by atoms with van der Waals surface area (Å²) in [5.41, 5.74) is 1.11. The van der Waals surface area contributed by atoms with Gasteiger partial charge in [-0.1, -0.05) is 0 Å². The average Bonchev–Trinajstić information content (AvgIpc) is 2.70. The highest BCUT2D eigenvalue weighted by Crippen LogP contribution is 2.09. The first-order chi connectivity index (χ1) is 7.63. The SMILES string of the molecule is CCOC(=O)CC(C)N(C)Cc1ccoc1. The van der Waals surface area contributed by atoms with E-state index in [2.05, 4.69) is 4.90 Å². The second kappa shape index (κ2) is 6.33. The van der Waals surface area contributed by atoms with E-state index in [1.807, 2.05) is 27.0 Å². The molecule has 0 aliphatic heterocycles. The number of carbonyl (C=O) groups excluding carboxylic acids is 1. The van der Waals surface area contributed by atoms with Crippen molar-refractivity contribution in [2.24, 2.45) is 0 Å². The van der Waals surface area contributed by atoms with Crippen LogP contribution >= 0.6 is 0 Å². The Morgan fingerprint density at radius 1 is 1.62 bits per heavy atom. The van der Waals surface area contributed by atoms with Crippen molar-refractivity contribution in [2.75, 3.05) is 13.7 Å². The molecule has 0 aliphatic carbocycles. The molecule has 4 nitrogen and oxygen atoms in total. The number of hydrogen-bond donors (Lipinski definition) is 0. The zero-order chi connectivity index (χ0) is 12.0. The lowest BCUT2D eigenvalue weighted by atomic mass is 10.2. The minimum absolute atomic E-state index is 0.144. The Morgan fingerprint density at radius 2 is 2.38 bits per heavy atom. The molecule has 0 N–H and O–H groups in total. The molecule has 1 atom stereocenters. The molecular formula is C12H19NO3. The Labute approximate surface area is 96.2 Å². The van der Waals surface area contributed by atoms with Crippen LogP contribution < -0.4 is 0 Å². The first kappa shape index (κ1) is 12.8. The molecular weight excluding hydrogens is 206 g/mol. The Balaban J connectivity index is 2.35. The van der Waals surface area contributed by atoms with Crippen LogP contribution in [0.5, 0.6) is 0 Å². The minimum Gasteiger partial charge on any atom is -0.472 e. The lowest BCUT2D eigenvalue weighted by Gasteiger charge is -2.23. The number of ether oxygens (including phenoxy) is 1. The summed E-state index contributed by atoms with van der Waals surface area (Å²) in [6.45, 7) is 5.04. The van der Waals surface area contributed by atoms with Gasteiger partial charge in [-0.15, -0.1) is 0 Å². The van der Waals surface area contributed by atoms with Crippen LogP contribution in [0.1, 0.15) is 25.8 Å². The largest absolute Gasteiger partial charge is 0.472 e. The molecule has 1 heterocycles. The first-order valence-electron chi connectivity index (χ1n) is 5.50. The van der Waals surface area contributed by atoms with Gasteiger partial charge in [0.05, 0.1) is 25.6 Å². The molecule has 0 fully saturated rings. The van der Waals surface area contributed by atoms with E-state index >= 15 is 0 Å². The van der Waals surface area contributed by atoms with Gasteiger partial charge in [0.1, 0.15) is 0 Å². The predicted molar refractivity (Wildman–Crippen MR) is 60.9 cm³/mol. The van der Waals surface area contributed by atoms with E-state index < -0.39 is 0 Å². The van der Waals surface area contributed by atoms with Crippen molar-refractivity contribution >= 4 is 5.97 Å². The number of esters is 1. The molecule has 0 radical (unpaired) electrons. The summed E-state index contributed by atoms with van der Waals surface area (Å²) >= 11 is 0. The van der Waals surface area contributed by atoms with E-state index in [1.165, 1.54) is 0 Å². The zero-order valence-electron chi connectivity index (χ0n) is 10.1. The first-order valence-corrected chi connectivity index (χ1v) is 5.50. The van der Waals surface area contributed by atoms with Crippen LogP contribution in [0.4, 0.5) is 0 Å². The van der Waals surface area contributed by atoms with Crippen molar-refractivity contribution in [1.82, 2.24) is 4.90 Å². The number of nitrogens with zero attached hydrogens (tertiary/aromatic N) is 1. The molecule has 1 rings (SSSR count). The predicted octanol–water partition coefficient (Wildman–Crippen LogP) is 2.05. The van der Waals surface area contributed by atoms with Gasteiger partial charge in [-0.2, -0.15) is 0 Å². The van der Waals surface area contributed by atoms with E-state index in [4.69, 9.17) is 9.15 Å². The van der Waals surface area contributed by atoms with Crippen LogP contribution in [0, 0.1) is 0 Å². The Bertz CT molecular complexity index is 308. The fourth-order valence-corrected chi connectivity index (χ4v) is 1.44. The second-order valence-corrected chi connectivity index (χ2v) is 3.90. The molecule has 1 aromatic rings. The third kappa shape index (κ3) is 4.06. The third-order valence-electron chi connectivity index (χ3n) is 2.53. The zero-order valence-corrected chi connectivity index (χ0v) is 10.1. The Morgan fingerprint density at radius 3 is 2.94 bits per heavy atom. The molecule has 0 amide bonds. The van der Waals surface area contributed by atoms with Crippen molar-refractivity contribution in [3.05, 3.63) is 24.2 Å². The minimum atomic E-state index is -0.144. The molecule has 90 valence electrons. The molecule has 0 bridgehead atoms. The van der Waals surface area contributed by atoms with Crippen molar-refractivity contribution in [3.63, 3.8) is 0 Å². The monoisotopic (exact) mass is 225 g/mol. The van der Waals surface area contributed by atoms with Crippen molar-refractivity contribution < 1.29 is 13.9 Å². The fraction of sp³-hybridized carbons (Fsp3) is 0.583. The van der Waals surface area contributed by atoms with Gasteiger partial charge in [0.15, 0.2) is 0 Å². The lowest BCUT2D eigenvalue weighted by molar-refractivity contribution is -0.144. The summed E-state index contributed by atoms with van der Waals surface area (Å²) in [7, 11) is 1.98. The van der Waals surface area contributed by atoms with Crippen LogP contribution in [0.15, 0.2) is 23.0 Å². The summed E-state index contributed by atoms with van der Waals surface area (Å²) in [5, 5.41) is 0. The van der Waals surface area contributed by atoms with Gasteiger partial charge < -0.3 is 9.15 Å². The van der Waals surface area contributed by atoms with E-state index in [9.17, 15) is 4.79 Å². The van der Waals surface area contributed by atoms with Gasteiger partial charge in [0.25, 0.3) is 0 Å². The van der Waals surface area contributed by atoms with Crippen molar-refractivity contribution in [2.45, 2.75) is 32.9 Å². The summed E-state index contributed by atoms with van der Waals surface area (Å²) in [5.74, 6) is -0.144. The van der Waals surface area contributed by atoms with Gasteiger partial charge in [0, 0.05) is 18.2 Å². The summed E-state index contributed by atoms with van der Waals surface area (Å²) in [6.07, 6.45) is 3.79. The summed E-state index contributed by atoms with van der Waals surface area (Å²) < 4.78 is 9.91. The van der Waals surface area contributed by atoms with Crippen molar-refractivity contribution in [1.29, 1.82) is 0 Å². The molecule has 0 aliphatic rings. The molecule has 0 saturated heterocycles. The van der Waals surface area contributed by atoms with Crippen LogP contribution in [0.3, 0.4) is 0 Å². The smallest absolute Gasteiger partial charge is 0.307 e. The maximum atomic E-state index is 11.3. The van der Waals surface area contributed by atoms with E-state index in [-0.39, 0.29) is 12.0 Å². The summed E-state index contributed by atoms with van der Waals surface area (Å²) in [6, 6.07) is 2.09. The highest BCUT2D eigenvalue weighted by Gasteiger charge is 2.14. The van der Waals surface area contributed by atoms with Gasteiger partial charge in [-0.3, -0.25) is 9.69 Å². The molecule has 1 aromatic heterocycles. The van der Waals surface area contributed by atoms with Crippen LogP contribution in [-0.4, -0.2) is 30.6 Å². The molecule has 0 spiro atoms. The number of furan rings is 1. The van der Waals surface area contributed by atoms with Gasteiger partial charge in [-0.25, -0.2) is 0 Å². The van der Waals surface area contributed by atoms with Crippen LogP contribution in [0.25, 0.3) is 0 Å². The third-order valence-corrected chi connectivity index (χ3v) is 2.53. The number of carbonyl (C=O) groups is 1. The molecule has 0 saturated carbocycles. The van der Waals surface area contributed by atoms with Crippen LogP contribution in [0.2, 0.25) is 0 Å². The van der Waals surface area contributed by atoms with Crippen molar-refractivity contribution in [3.8, 4) is 0 Å². The molecule has 0 aromatic carbocycles. The summed E-state index contributed by atoms with van der Waals surface area (Å²) in [4.78, 5) is 13.4. The fourth-order valence-electron chi connectivity index (χ4n) is 1.44. The lowest BCUT2D eigenvalue weighted by Crippen LogP contribution is -2.31. The highest BCUT2D eigenvalue weighted by atomic mass is 16.5. The topological polar surface area (TPSA) is 42.7 Å². The average molecular weight is 225 g/mol. The normalized spacial score (nSPS) is 12.8. The number of rotatable bonds is 6. The van der Waals surface area contributed by atoms with Gasteiger partial charge in [0.2, 0.25) is 0 Å². The maximum Gasteiger partial charge on any atom is 0.307 e. The maximum absolute atomic E-state index is 11.3. The Kier molecular flexibility index (Phi) is 5.05. The molecule has 16 heavy (non-hydrogen) atoms. The van der Waals surface area contributed by atoms with E-state index in [0.29, 0.717) is 13.0 Å². The molecule has 1 unspecified atom stereocenters. The van der Waals surface area contributed by atoms with E-state index in [1.54, 1.807) is 12.5 Å². The molecule has 4 heteroatoms. The van der Waals surface area contributed by atoms with E-state index in [0.717, 1.165) is 12.1 Å². The highest BCUT2D eigenvalue weighted by molar-refractivity contribution is 5.69. The number of hydrogen-bond acceptors (Lipinski definition) is 4. The van der Waals surface area contributed by atoms with Gasteiger partial charge in [-0.05, 0) is 27.0 Å².